The second-order valence-corrected chi connectivity index (χ2v) is 7.19. The van der Waals surface area contributed by atoms with Gasteiger partial charge in [-0.3, -0.25) is 14.8 Å². The highest BCUT2D eigenvalue weighted by Crippen LogP contribution is 2.23. The van der Waals surface area contributed by atoms with Gasteiger partial charge in [-0.05, 0) is 73.4 Å². The molecule has 148 valence electrons. The lowest BCUT2D eigenvalue weighted by Gasteiger charge is -2.28. The molecule has 1 aromatic carbocycles. The van der Waals surface area contributed by atoms with Gasteiger partial charge in [0.2, 0.25) is 0 Å². The first-order chi connectivity index (χ1) is 14.3. The highest BCUT2D eigenvalue weighted by molar-refractivity contribution is 5.93. The number of carbonyl (C=O) groups excluding carboxylic acids is 1. The Hall–Kier alpha value is -3.41. The molecule has 0 aliphatic carbocycles. The molecule has 0 spiro atoms. The zero-order valence-electron chi connectivity index (χ0n) is 16.3. The number of aromatic nitrogens is 2. The van der Waals surface area contributed by atoms with Crippen LogP contribution in [-0.2, 0) is 6.54 Å². The van der Waals surface area contributed by atoms with Crippen molar-refractivity contribution >= 4 is 23.0 Å². The number of carbonyl (C=O) groups is 1. The van der Waals surface area contributed by atoms with Crippen LogP contribution in [0.1, 0.15) is 35.3 Å². The Morgan fingerprint density at radius 1 is 0.897 bits per heavy atom. The number of nitrogens with one attached hydrogen (secondary N) is 2. The molecule has 0 atom stereocenters. The molecule has 3 heterocycles. The molecule has 1 amide bonds. The van der Waals surface area contributed by atoms with Crippen LogP contribution in [0, 0.1) is 0 Å². The number of pyridine rings is 2. The summed E-state index contributed by atoms with van der Waals surface area (Å²) in [4.78, 5) is 23.0. The second kappa shape index (κ2) is 9.19. The van der Waals surface area contributed by atoms with E-state index in [2.05, 4.69) is 49.8 Å². The fourth-order valence-corrected chi connectivity index (χ4v) is 3.48. The number of anilines is 3. The Morgan fingerprint density at radius 2 is 1.66 bits per heavy atom. The van der Waals surface area contributed by atoms with E-state index in [4.69, 9.17) is 0 Å². The summed E-state index contributed by atoms with van der Waals surface area (Å²) in [6.45, 7) is 2.71. The molecular weight excluding hydrogens is 362 g/mol. The Labute approximate surface area is 171 Å². The minimum Gasteiger partial charge on any atom is -0.372 e. The monoisotopic (exact) mass is 387 g/mol. The van der Waals surface area contributed by atoms with E-state index < -0.39 is 0 Å². The number of benzene rings is 1. The van der Waals surface area contributed by atoms with Crippen molar-refractivity contribution in [2.24, 2.45) is 0 Å². The van der Waals surface area contributed by atoms with Gasteiger partial charge >= 0.3 is 0 Å². The molecule has 1 saturated heterocycles. The van der Waals surface area contributed by atoms with Gasteiger partial charge in [-0.2, -0.15) is 0 Å². The second-order valence-electron chi connectivity index (χ2n) is 7.19. The van der Waals surface area contributed by atoms with Crippen molar-refractivity contribution in [1.29, 1.82) is 0 Å². The minimum atomic E-state index is -0.203. The summed E-state index contributed by atoms with van der Waals surface area (Å²) in [5.41, 5.74) is 4.46. The number of nitrogens with zero attached hydrogens (tertiary/aromatic N) is 3. The summed E-state index contributed by atoms with van der Waals surface area (Å²) in [5.74, 6) is -0.203. The highest BCUT2D eigenvalue weighted by Gasteiger charge is 2.11. The highest BCUT2D eigenvalue weighted by atomic mass is 16.1. The van der Waals surface area contributed by atoms with Crippen molar-refractivity contribution in [1.82, 2.24) is 15.3 Å². The summed E-state index contributed by atoms with van der Waals surface area (Å²) in [7, 11) is 0. The average Bonchev–Trinajstić information content (AvgIpc) is 2.79. The van der Waals surface area contributed by atoms with Crippen LogP contribution in [0.3, 0.4) is 0 Å². The molecule has 0 saturated carbocycles. The molecule has 0 bridgehead atoms. The molecule has 1 fully saturated rings. The van der Waals surface area contributed by atoms with Crippen molar-refractivity contribution < 1.29 is 4.79 Å². The number of hydrogen-bond donors (Lipinski definition) is 2. The molecule has 0 unspecified atom stereocenters. The quantitative estimate of drug-likeness (QED) is 0.665. The molecule has 3 aromatic rings. The zero-order chi connectivity index (χ0) is 19.9. The summed E-state index contributed by atoms with van der Waals surface area (Å²) < 4.78 is 0. The van der Waals surface area contributed by atoms with Gasteiger partial charge in [0, 0.05) is 55.3 Å². The van der Waals surface area contributed by atoms with E-state index in [0.29, 0.717) is 12.2 Å². The van der Waals surface area contributed by atoms with E-state index in [1.165, 1.54) is 24.9 Å². The lowest BCUT2D eigenvalue weighted by atomic mass is 10.1. The smallest absolute Gasteiger partial charge is 0.270 e. The van der Waals surface area contributed by atoms with Crippen molar-refractivity contribution in [3.63, 3.8) is 0 Å². The van der Waals surface area contributed by atoms with Gasteiger partial charge in [-0.25, -0.2) is 0 Å². The summed E-state index contributed by atoms with van der Waals surface area (Å²) >= 11 is 0. The van der Waals surface area contributed by atoms with Crippen molar-refractivity contribution in [3.8, 4) is 0 Å². The summed E-state index contributed by atoms with van der Waals surface area (Å²) in [6, 6.07) is 15.8. The third-order valence-corrected chi connectivity index (χ3v) is 5.07. The molecule has 6 heteroatoms. The van der Waals surface area contributed by atoms with E-state index in [1.807, 2.05) is 18.2 Å². The minimum absolute atomic E-state index is 0.203. The van der Waals surface area contributed by atoms with E-state index in [0.717, 1.165) is 30.0 Å². The van der Waals surface area contributed by atoms with E-state index in [-0.39, 0.29) is 5.91 Å². The molecule has 1 aliphatic heterocycles. The van der Waals surface area contributed by atoms with Crippen LogP contribution >= 0.6 is 0 Å². The van der Waals surface area contributed by atoms with E-state index >= 15 is 0 Å². The Bertz CT molecular complexity index is 937. The Kier molecular flexibility index (Phi) is 6.00. The van der Waals surface area contributed by atoms with Crippen LogP contribution in [0.2, 0.25) is 0 Å². The van der Waals surface area contributed by atoms with Crippen molar-refractivity contribution in [3.05, 3.63) is 78.4 Å². The molecular formula is C23H25N5O. The SMILES string of the molecule is O=C(NCc1ccncc1)c1cc(Nc2ccc(N3CCCCC3)cc2)ccn1. The first-order valence-corrected chi connectivity index (χ1v) is 10.0. The van der Waals surface area contributed by atoms with Crippen LogP contribution in [0.25, 0.3) is 0 Å². The van der Waals surface area contributed by atoms with Crippen LogP contribution in [0.5, 0.6) is 0 Å². The van der Waals surface area contributed by atoms with Crippen LogP contribution in [0.4, 0.5) is 17.1 Å². The van der Waals surface area contributed by atoms with Gasteiger partial charge < -0.3 is 15.5 Å². The van der Waals surface area contributed by atoms with E-state index in [1.54, 1.807) is 24.7 Å². The average molecular weight is 387 g/mol. The van der Waals surface area contributed by atoms with Gasteiger partial charge in [0.15, 0.2) is 0 Å². The fourth-order valence-electron chi connectivity index (χ4n) is 3.48. The maximum Gasteiger partial charge on any atom is 0.270 e. The third-order valence-electron chi connectivity index (χ3n) is 5.07. The summed E-state index contributed by atoms with van der Waals surface area (Å²) in [6.07, 6.45) is 8.93. The number of rotatable bonds is 6. The lowest BCUT2D eigenvalue weighted by Crippen LogP contribution is -2.29. The lowest BCUT2D eigenvalue weighted by molar-refractivity contribution is 0.0946. The predicted octanol–water partition coefficient (Wildman–Crippen LogP) is 4.14. The van der Waals surface area contributed by atoms with Crippen molar-refractivity contribution in [2.45, 2.75) is 25.8 Å². The normalized spacial score (nSPS) is 13.7. The molecule has 6 nitrogen and oxygen atoms in total. The van der Waals surface area contributed by atoms with E-state index in [9.17, 15) is 4.79 Å². The van der Waals surface area contributed by atoms with Crippen LogP contribution in [0.15, 0.2) is 67.1 Å². The first kappa shape index (κ1) is 18.9. The van der Waals surface area contributed by atoms with Gasteiger partial charge in [0.05, 0.1) is 0 Å². The topological polar surface area (TPSA) is 70.2 Å². The number of piperidine rings is 1. The predicted molar refractivity (Wildman–Crippen MR) is 115 cm³/mol. The maximum atomic E-state index is 12.4. The number of amides is 1. The first-order valence-electron chi connectivity index (χ1n) is 10.0. The van der Waals surface area contributed by atoms with Crippen LogP contribution < -0.4 is 15.5 Å². The van der Waals surface area contributed by atoms with Crippen molar-refractivity contribution in [2.75, 3.05) is 23.3 Å². The Balaban J connectivity index is 1.37. The number of hydrogen-bond acceptors (Lipinski definition) is 5. The molecule has 0 radical (unpaired) electrons. The maximum absolute atomic E-state index is 12.4. The largest absolute Gasteiger partial charge is 0.372 e. The Morgan fingerprint density at radius 3 is 2.41 bits per heavy atom. The molecule has 2 N–H and O–H groups in total. The van der Waals surface area contributed by atoms with Crippen LogP contribution in [-0.4, -0.2) is 29.0 Å². The van der Waals surface area contributed by atoms with Gasteiger partial charge in [-0.15, -0.1) is 0 Å². The molecule has 4 rings (SSSR count). The standard InChI is InChI=1S/C23H25N5O/c29-23(26-17-18-8-11-24-12-9-18)22-16-20(10-13-25-22)27-19-4-6-21(7-5-19)28-14-2-1-3-15-28/h4-13,16H,1-3,14-15,17H2,(H,25,27)(H,26,29). The summed E-state index contributed by atoms with van der Waals surface area (Å²) in [5, 5.41) is 6.24. The fraction of sp³-hybridized carbons (Fsp3) is 0.261. The molecule has 1 aliphatic rings. The van der Waals surface area contributed by atoms with Gasteiger partial charge in [0.25, 0.3) is 5.91 Å². The molecule has 29 heavy (non-hydrogen) atoms. The third kappa shape index (κ3) is 5.10. The van der Waals surface area contributed by atoms with Gasteiger partial charge in [-0.1, -0.05) is 0 Å². The zero-order valence-corrected chi connectivity index (χ0v) is 16.3. The van der Waals surface area contributed by atoms with Gasteiger partial charge in [0.1, 0.15) is 5.69 Å². The molecule has 2 aromatic heterocycles.